The van der Waals surface area contributed by atoms with E-state index in [9.17, 15) is 18.0 Å². The lowest BCUT2D eigenvalue weighted by atomic mass is 9.96. The number of anilines is 4. The van der Waals surface area contributed by atoms with Gasteiger partial charge in [-0.05, 0) is 43.5 Å². The van der Waals surface area contributed by atoms with Gasteiger partial charge in [0.15, 0.2) is 5.82 Å². The van der Waals surface area contributed by atoms with E-state index in [2.05, 4.69) is 15.2 Å². The van der Waals surface area contributed by atoms with Crippen molar-refractivity contribution in [1.82, 2.24) is 9.97 Å². The highest BCUT2D eigenvalue weighted by molar-refractivity contribution is 6.04. The van der Waals surface area contributed by atoms with Crippen molar-refractivity contribution in [3.8, 4) is 0 Å². The normalized spacial score (nSPS) is 21.3. The second-order valence-electron chi connectivity index (χ2n) is 8.25. The van der Waals surface area contributed by atoms with Gasteiger partial charge in [0, 0.05) is 32.4 Å². The molecule has 164 valence electrons. The van der Waals surface area contributed by atoms with Crippen molar-refractivity contribution in [3.63, 3.8) is 0 Å². The minimum atomic E-state index is -4.15. The molecule has 0 aromatic carbocycles. The van der Waals surface area contributed by atoms with Gasteiger partial charge in [0.25, 0.3) is 0 Å². The molecule has 7 nitrogen and oxygen atoms in total. The molecule has 2 bridgehead atoms. The quantitative estimate of drug-likeness (QED) is 0.780. The molecule has 3 aliphatic rings. The summed E-state index contributed by atoms with van der Waals surface area (Å²) in [5.41, 5.74) is 1.48. The lowest BCUT2D eigenvalue weighted by Gasteiger charge is -2.38. The van der Waals surface area contributed by atoms with Crippen LogP contribution in [0.2, 0.25) is 0 Å². The van der Waals surface area contributed by atoms with Crippen LogP contribution in [0.25, 0.3) is 0 Å². The average Bonchev–Trinajstić information content (AvgIpc) is 3.18. The number of piperidine rings is 1. The van der Waals surface area contributed by atoms with Crippen LogP contribution in [0, 0.1) is 5.92 Å². The molecule has 1 N–H and O–H groups in total. The minimum Gasteiger partial charge on any atom is -0.366 e. The van der Waals surface area contributed by atoms with Gasteiger partial charge in [-0.1, -0.05) is 0 Å². The van der Waals surface area contributed by atoms with E-state index in [1.54, 1.807) is 29.4 Å². The van der Waals surface area contributed by atoms with Crippen LogP contribution in [0.3, 0.4) is 0 Å². The zero-order valence-electron chi connectivity index (χ0n) is 16.8. The Morgan fingerprint density at radius 2 is 1.84 bits per heavy atom. The van der Waals surface area contributed by atoms with Crippen molar-refractivity contribution in [1.29, 1.82) is 0 Å². The SMILES string of the molecule is O=C(Nc1cccnc1)N1c2nc(N3CCC(C(F)(F)F)CC3)ccc2N2CC[C@H]1C2. The van der Waals surface area contributed by atoms with Crippen LogP contribution in [-0.2, 0) is 0 Å². The fourth-order valence-corrected chi connectivity index (χ4v) is 4.69. The predicted octanol–water partition coefficient (Wildman–Crippen LogP) is 3.89. The maximum absolute atomic E-state index is 13.1. The van der Waals surface area contributed by atoms with Crippen molar-refractivity contribution >= 4 is 29.0 Å². The number of hydrogen-bond acceptors (Lipinski definition) is 5. The summed E-state index contributed by atoms with van der Waals surface area (Å²) < 4.78 is 39.0. The molecule has 2 saturated heterocycles. The number of carbonyl (C=O) groups is 1. The number of fused-ring (bicyclic) bond motifs is 4. The smallest absolute Gasteiger partial charge is 0.366 e. The summed E-state index contributed by atoms with van der Waals surface area (Å²) in [6, 6.07) is 7.02. The number of pyridine rings is 2. The summed E-state index contributed by atoms with van der Waals surface area (Å²) >= 11 is 0. The number of halogens is 3. The molecule has 2 aromatic rings. The summed E-state index contributed by atoms with van der Waals surface area (Å²) in [5, 5.41) is 2.88. The summed E-state index contributed by atoms with van der Waals surface area (Å²) in [4.78, 5) is 27.7. The van der Waals surface area contributed by atoms with Gasteiger partial charge in [-0.25, -0.2) is 9.78 Å². The molecule has 1 atom stereocenters. The highest BCUT2D eigenvalue weighted by Gasteiger charge is 2.43. The summed E-state index contributed by atoms with van der Waals surface area (Å²) in [7, 11) is 0. The van der Waals surface area contributed by atoms with Gasteiger partial charge in [0.2, 0.25) is 0 Å². The third-order valence-electron chi connectivity index (χ3n) is 6.35. The van der Waals surface area contributed by atoms with Crippen molar-refractivity contribution < 1.29 is 18.0 Å². The summed E-state index contributed by atoms with van der Waals surface area (Å²) in [6.07, 6.45) is 0.0193. The Morgan fingerprint density at radius 3 is 2.55 bits per heavy atom. The van der Waals surface area contributed by atoms with E-state index in [0.717, 1.165) is 25.2 Å². The number of nitrogens with zero attached hydrogens (tertiary/aromatic N) is 5. The second-order valence-corrected chi connectivity index (χ2v) is 8.25. The van der Waals surface area contributed by atoms with Gasteiger partial charge in [0.05, 0.1) is 29.5 Å². The van der Waals surface area contributed by atoms with Gasteiger partial charge in [-0.15, -0.1) is 0 Å². The van der Waals surface area contributed by atoms with E-state index in [0.29, 0.717) is 30.4 Å². The highest BCUT2D eigenvalue weighted by Crippen LogP contribution is 2.41. The molecular formula is C21H23F3N6O. The first kappa shape index (κ1) is 19.9. The monoisotopic (exact) mass is 432 g/mol. The molecule has 3 aliphatic heterocycles. The molecule has 0 aliphatic carbocycles. The zero-order valence-corrected chi connectivity index (χ0v) is 16.8. The molecule has 5 rings (SSSR count). The van der Waals surface area contributed by atoms with Gasteiger partial charge in [0.1, 0.15) is 5.82 Å². The van der Waals surface area contributed by atoms with Crippen LogP contribution in [-0.4, -0.2) is 54.4 Å². The maximum atomic E-state index is 13.1. The zero-order chi connectivity index (χ0) is 21.6. The van der Waals surface area contributed by atoms with Crippen LogP contribution in [0.4, 0.5) is 41.0 Å². The Morgan fingerprint density at radius 1 is 1.06 bits per heavy atom. The van der Waals surface area contributed by atoms with Crippen LogP contribution >= 0.6 is 0 Å². The Balaban J connectivity index is 1.40. The molecule has 2 aromatic heterocycles. The highest BCUT2D eigenvalue weighted by atomic mass is 19.4. The Bertz CT molecular complexity index is 961. The van der Waals surface area contributed by atoms with E-state index < -0.39 is 12.1 Å². The fraction of sp³-hybridized carbons (Fsp3) is 0.476. The lowest BCUT2D eigenvalue weighted by Crippen LogP contribution is -2.48. The lowest BCUT2D eigenvalue weighted by molar-refractivity contribution is -0.179. The van der Waals surface area contributed by atoms with Crippen LogP contribution in [0.15, 0.2) is 36.7 Å². The van der Waals surface area contributed by atoms with E-state index in [4.69, 9.17) is 4.98 Å². The molecule has 2 fully saturated rings. The first-order valence-electron chi connectivity index (χ1n) is 10.5. The molecule has 10 heteroatoms. The van der Waals surface area contributed by atoms with Gasteiger partial charge >= 0.3 is 12.2 Å². The first-order valence-corrected chi connectivity index (χ1v) is 10.5. The number of nitrogens with one attached hydrogen (secondary N) is 1. The first-order chi connectivity index (χ1) is 14.9. The second kappa shape index (κ2) is 7.58. The third kappa shape index (κ3) is 3.75. The molecule has 0 unspecified atom stereocenters. The topological polar surface area (TPSA) is 64.6 Å². The molecule has 2 amide bonds. The van der Waals surface area contributed by atoms with Crippen molar-refractivity contribution in [2.75, 3.05) is 46.2 Å². The number of aromatic nitrogens is 2. The molecule has 0 saturated carbocycles. The number of urea groups is 1. The Labute approximate surface area is 177 Å². The van der Waals surface area contributed by atoms with Crippen molar-refractivity contribution in [3.05, 3.63) is 36.7 Å². The number of rotatable bonds is 2. The van der Waals surface area contributed by atoms with E-state index >= 15 is 0 Å². The predicted molar refractivity (Wildman–Crippen MR) is 112 cm³/mol. The van der Waals surface area contributed by atoms with Crippen molar-refractivity contribution in [2.24, 2.45) is 5.92 Å². The fourth-order valence-electron chi connectivity index (χ4n) is 4.69. The Hall–Kier alpha value is -3.04. The number of alkyl halides is 3. The summed E-state index contributed by atoms with van der Waals surface area (Å²) in [5.74, 6) is -0.0864. The van der Waals surface area contributed by atoms with Crippen LogP contribution < -0.4 is 20.0 Å². The third-order valence-corrected chi connectivity index (χ3v) is 6.35. The van der Waals surface area contributed by atoms with E-state index in [1.165, 1.54) is 0 Å². The molecule has 0 spiro atoms. The number of amides is 2. The van der Waals surface area contributed by atoms with E-state index in [1.807, 2.05) is 17.0 Å². The Kier molecular flexibility index (Phi) is 4.86. The number of hydrogen-bond donors (Lipinski definition) is 1. The number of carbonyl (C=O) groups excluding carboxylic acids is 1. The van der Waals surface area contributed by atoms with E-state index in [-0.39, 0.29) is 24.9 Å². The van der Waals surface area contributed by atoms with Crippen molar-refractivity contribution in [2.45, 2.75) is 31.5 Å². The van der Waals surface area contributed by atoms with Crippen LogP contribution in [0.1, 0.15) is 19.3 Å². The molecule has 31 heavy (non-hydrogen) atoms. The standard InChI is InChI=1S/C21H23F3N6O/c22-21(23,24)14-5-9-28(10-6-14)18-4-3-17-19(27-18)30(16-7-11-29(17)13-16)20(31)26-15-2-1-8-25-12-15/h1-4,8,12,14,16H,5-7,9-11,13H2,(H,26,31)/t16-/m0/s1. The molecule has 5 heterocycles. The van der Waals surface area contributed by atoms with Gasteiger partial charge in [-0.3, -0.25) is 9.88 Å². The van der Waals surface area contributed by atoms with Crippen LogP contribution in [0.5, 0.6) is 0 Å². The minimum absolute atomic E-state index is 0.00267. The van der Waals surface area contributed by atoms with Gasteiger partial charge < -0.3 is 15.1 Å². The molecular weight excluding hydrogens is 409 g/mol. The maximum Gasteiger partial charge on any atom is 0.391 e. The summed E-state index contributed by atoms with van der Waals surface area (Å²) in [6.45, 7) is 2.17. The van der Waals surface area contributed by atoms with Gasteiger partial charge in [-0.2, -0.15) is 13.2 Å². The average molecular weight is 432 g/mol. The largest absolute Gasteiger partial charge is 0.391 e. The molecule has 0 radical (unpaired) electrons.